The van der Waals surface area contributed by atoms with Crippen molar-refractivity contribution in [2.75, 3.05) is 6.54 Å². The van der Waals surface area contributed by atoms with Gasteiger partial charge in [0.1, 0.15) is 5.75 Å². The maximum absolute atomic E-state index is 9.52. The van der Waals surface area contributed by atoms with Crippen molar-refractivity contribution >= 4 is 5.57 Å². The van der Waals surface area contributed by atoms with Crippen LogP contribution in [0.25, 0.3) is 5.57 Å². The molecular weight excluding hydrogens is 198 g/mol. The number of hydrogen-bond donors (Lipinski definition) is 2. The Kier molecular flexibility index (Phi) is 5.06. The van der Waals surface area contributed by atoms with E-state index in [1.165, 1.54) is 11.1 Å². The van der Waals surface area contributed by atoms with Gasteiger partial charge < -0.3 is 10.8 Å². The van der Waals surface area contributed by atoms with Crippen LogP contribution >= 0.6 is 0 Å². The number of allylic oxidation sites excluding steroid dienone is 1. The first-order valence-electron chi connectivity index (χ1n) is 5.88. The molecule has 0 aliphatic heterocycles. The average Bonchev–Trinajstić information content (AvgIpc) is 2.28. The van der Waals surface area contributed by atoms with E-state index in [0.29, 0.717) is 12.3 Å². The van der Waals surface area contributed by atoms with Gasteiger partial charge in [-0.3, -0.25) is 0 Å². The molecule has 0 radical (unpaired) electrons. The lowest BCUT2D eigenvalue weighted by molar-refractivity contribution is 0.475. The molecule has 0 atom stereocenters. The SMILES string of the molecule is CCCC=C(CCN)c1cc(O)ccc1C. The van der Waals surface area contributed by atoms with Crippen LogP contribution in [0.2, 0.25) is 0 Å². The number of phenolic OH excluding ortho intramolecular Hbond substituents is 1. The molecule has 0 spiro atoms. The zero-order valence-corrected chi connectivity index (χ0v) is 10.2. The molecule has 0 amide bonds. The standard InChI is InChI=1S/C14H21NO/c1-3-4-5-12(8-9-15)14-10-13(16)7-6-11(14)2/h5-7,10,16H,3-4,8-9,15H2,1-2H3. The number of benzene rings is 1. The molecule has 0 aliphatic rings. The molecule has 1 aromatic carbocycles. The predicted octanol–water partition coefficient (Wildman–Crippen LogP) is 3.23. The van der Waals surface area contributed by atoms with Gasteiger partial charge >= 0.3 is 0 Å². The van der Waals surface area contributed by atoms with Crippen LogP contribution in [-0.4, -0.2) is 11.7 Å². The number of aromatic hydroxyl groups is 1. The van der Waals surface area contributed by atoms with Crippen LogP contribution in [0.5, 0.6) is 5.75 Å². The highest BCUT2D eigenvalue weighted by Crippen LogP contribution is 2.26. The highest BCUT2D eigenvalue weighted by Gasteiger charge is 2.05. The Morgan fingerprint density at radius 3 is 2.81 bits per heavy atom. The van der Waals surface area contributed by atoms with Crippen molar-refractivity contribution in [3.05, 3.63) is 35.4 Å². The Morgan fingerprint density at radius 2 is 2.19 bits per heavy atom. The summed E-state index contributed by atoms with van der Waals surface area (Å²) in [6.45, 7) is 4.86. The fraction of sp³-hybridized carbons (Fsp3) is 0.429. The minimum absolute atomic E-state index is 0.319. The van der Waals surface area contributed by atoms with Crippen molar-refractivity contribution in [3.63, 3.8) is 0 Å². The summed E-state index contributed by atoms with van der Waals surface area (Å²) in [7, 11) is 0. The summed E-state index contributed by atoms with van der Waals surface area (Å²) in [6, 6.07) is 5.49. The van der Waals surface area contributed by atoms with Crippen molar-refractivity contribution in [3.8, 4) is 5.75 Å². The molecule has 0 unspecified atom stereocenters. The van der Waals surface area contributed by atoms with Crippen LogP contribution < -0.4 is 5.73 Å². The maximum atomic E-state index is 9.52. The van der Waals surface area contributed by atoms with E-state index in [0.717, 1.165) is 24.8 Å². The number of phenols is 1. The third-order valence-corrected chi connectivity index (χ3v) is 2.66. The summed E-state index contributed by atoms with van der Waals surface area (Å²) in [5, 5.41) is 9.52. The van der Waals surface area contributed by atoms with Gasteiger partial charge in [-0.2, -0.15) is 0 Å². The Labute approximate surface area is 97.8 Å². The minimum Gasteiger partial charge on any atom is -0.508 e. The van der Waals surface area contributed by atoms with Gasteiger partial charge in [0.15, 0.2) is 0 Å². The molecule has 88 valence electrons. The van der Waals surface area contributed by atoms with Gasteiger partial charge in [0.2, 0.25) is 0 Å². The zero-order chi connectivity index (χ0) is 12.0. The average molecular weight is 219 g/mol. The van der Waals surface area contributed by atoms with Crippen molar-refractivity contribution in [1.29, 1.82) is 0 Å². The van der Waals surface area contributed by atoms with Gasteiger partial charge in [-0.25, -0.2) is 0 Å². The van der Waals surface area contributed by atoms with E-state index in [-0.39, 0.29) is 0 Å². The van der Waals surface area contributed by atoms with Gasteiger partial charge in [0, 0.05) is 0 Å². The molecule has 3 N–H and O–H groups in total. The molecule has 0 saturated heterocycles. The quantitative estimate of drug-likeness (QED) is 0.798. The van der Waals surface area contributed by atoms with Crippen molar-refractivity contribution in [2.45, 2.75) is 33.1 Å². The third kappa shape index (κ3) is 3.38. The number of rotatable bonds is 5. The lowest BCUT2D eigenvalue weighted by Gasteiger charge is -2.10. The Morgan fingerprint density at radius 1 is 1.44 bits per heavy atom. The second kappa shape index (κ2) is 6.33. The highest BCUT2D eigenvalue weighted by atomic mass is 16.3. The number of unbranched alkanes of at least 4 members (excludes halogenated alkanes) is 1. The van der Waals surface area contributed by atoms with Crippen molar-refractivity contribution in [1.82, 2.24) is 0 Å². The minimum atomic E-state index is 0.319. The molecule has 1 rings (SSSR count). The van der Waals surface area contributed by atoms with Gasteiger partial charge in [0.05, 0.1) is 0 Å². The summed E-state index contributed by atoms with van der Waals surface area (Å²) >= 11 is 0. The maximum Gasteiger partial charge on any atom is 0.116 e. The monoisotopic (exact) mass is 219 g/mol. The molecule has 0 saturated carbocycles. The van der Waals surface area contributed by atoms with E-state index < -0.39 is 0 Å². The molecule has 0 fully saturated rings. The second-order valence-electron chi connectivity index (χ2n) is 4.06. The topological polar surface area (TPSA) is 46.2 Å². The Hall–Kier alpha value is -1.28. The van der Waals surface area contributed by atoms with Crippen LogP contribution in [0, 0.1) is 6.92 Å². The summed E-state index contributed by atoms with van der Waals surface area (Å²) in [6.07, 6.45) is 5.29. The molecule has 16 heavy (non-hydrogen) atoms. The Bertz CT molecular complexity index is 369. The molecule has 0 aliphatic carbocycles. The Balaban J connectivity index is 3.04. The van der Waals surface area contributed by atoms with E-state index in [1.807, 2.05) is 12.1 Å². The molecule has 0 heterocycles. The van der Waals surface area contributed by atoms with Gasteiger partial charge in [-0.15, -0.1) is 0 Å². The number of nitrogens with two attached hydrogens (primary N) is 1. The van der Waals surface area contributed by atoms with Gasteiger partial charge in [0.25, 0.3) is 0 Å². The first-order chi connectivity index (χ1) is 7.69. The first kappa shape index (κ1) is 12.8. The van der Waals surface area contributed by atoms with Crippen LogP contribution in [0.1, 0.15) is 37.3 Å². The summed E-state index contributed by atoms with van der Waals surface area (Å²) in [5.74, 6) is 0.319. The molecule has 2 heteroatoms. The van der Waals surface area contributed by atoms with Crippen LogP contribution in [0.15, 0.2) is 24.3 Å². The smallest absolute Gasteiger partial charge is 0.116 e. The highest BCUT2D eigenvalue weighted by molar-refractivity contribution is 5.69. The van der Waals surface area contributed by atoms with Crippen molar-refractivity contribution in [2.24, 2.45) is 5.73 Å². The summed E-state index contributed by atoms with van der Waals surface area (Å²) in [5.41, 5.74) is 9.18. The third-order valence-electron chi connectivity index (χ3n) is 2.66. The number of hydrogen-bond acceptors (Lipinski definition) is 2. The van der Waals surface area contributed by atoms with Crippen LogP contribution in [-0.2, 0) is 0 Å². The largest absolute Gasteiger partial charge is 0.508 e. The van der Waals surface area contributed by atoms with E-state index in [4.69, 9.17) is 5.73 Å². The van der Waals surface area contributed by atoms with Crippen molar-refractivity contribution < 1.29 is 5.11 Å². The molecule has 0 bridgehead atoms. The van der Waals surface area contributed by atoms with E-state index in [9.17, 15) is 5.11 Å². The molecule has 0 aromatic heterocycles. The lowest BCUT2D eigenvalue weighted by Crippen LogP contribution is -2.01. The van der Waals surface area contributed by atoms with Crippen LogP contribution in [0.4, 0.5) is 0 Å². The van der Waals surface area contributed by atoms with E-state index in [1.54, 1.807) is 6.07 Å². The van der Waals surface area contributed by atoms with Gasteiger partial charge in [-0.1, -0.05) is 25.5 Å². The normalized spacial score (nSPS) is 11.8. The van der Waals surface area contributed by atoms with Gasteiger partial charge in [-0.05, 0) is 55.1 Å². The van der Waals surface area contributed by atoms with E-state index in [2.05, 4.69) is 19.9 Å². The zero-order valence-electron chi connectivity index (χ0n) is 10.2. The van der Waals surface area contributed by atoms with E-state index >= 15 is 0 Å². The molecule has 2 nitrogen and oxygen atoms in total. The fourth-order valence-electron chi connectivity index (χ4n) is 1.78. The number of aryl methyl sites for hydroxylation is 1. The molecular formula is C14H21NO. The fourth-order valence-corrected chi connectivity index (χ4v) is 1.78. The summed E-state index contributed by atoms with van der Waals surface area (Å²) in [4.78, 5) is 0. The van der Waals surface area contributed by atoms with Crippen LogP contribution in [0.3, 0.4) is 0 Å². The molecule has 1 aromatic rings. The summed E-state index contributed by atoms with van der Waals surface area (Å²) < 4.78 is 0. The first-order valence-corrected chi connectivity index (χ1v) is 5.88. The predicted molar refractivity (Wildman–Crippen MR) is 69.4 cm³/mol. The second-order valence-corrected chi connectivity index (χ2v) is 4.06. The lowest BCUT2D eigenvalue weighted by atomic mass is 9.96.